The van der Waals surface area contributed by atoms with Crippen molar-refractivity contribution in [1.82, 2.24) is 15.5 Å². The summed E-state index contributed by atoms with van der Waals surface area (Å²) in [6, 6.07) is 18.5. The minimum absolute atomic E-state index is 0.131. The van der Waals surface area contributed by atoms with E-state index in [4.69, 9.17) is 0 Å². The van der Waals surface area contributed by atoms with Gasteiger partial charge in [-0.1, -0.05) is 36.4 Å². The number of nitrogens with one attached hydrogen (secondary N) is 4. The molecule has 45 heavy (non-hydrogen) atoms. The van der Waals surface area contributed by atoms with Crippen molar-refractivity contribution in [3.63, 3.8) is 0 Å². The summed E-state index contributed by atoms with van der Waals surface area (Å²) in [7, 11) is 0. The number of anilines is 2. The predicted octanol–water partition coefficient (Wildman–Crippen LogP) is 4.65. The molecule has 0 aliphatic carbocycles. The first-order valence-corrected chi connectivity index (χ1v) is 14.7. The number of hydrogen-bond acceptors (Lipinski definition) is 7. The van der Waals surface area contributed by atoms with Crippen molar-refractivity contribution in [2.24, 2.45) is 0 Å². The number of rotatable bonds is 9. The fourth-order valence-corrected chi connectivity index (χ4v) is 5.66. The van der Waals surface area contributed by atoms with Crippen molar-refractivity contribution < 1.29 is 24.1 Å². The Labute approximate surface area is 258 Å². The molecule has 3 aromatic carbocycles. The minimum atomic E-state index is -0.584. The first-order valence-electron chi connectivity index (χ1n) is 14.7. The van der Waals surface area contributed by atoms with E-state index in [0.717, 1.165) is 44.3 Å². The maximum Gasteiger partial charge on any atom is 0.326 e. The molecule has 3 aliphatic rings. The van der Waals surface area contributed by atoms with Crippen molar-refractivity contribution in [3.8, 4) is 0 Å². The number of nitrogens with zero attached hydrogens (tertiary/aromatic N) is 2. The number of nitro groups is 1. The average Bonchev–Trinajstić information content (AvgIpc) is 3.53. The lowest BCUT2D eigenvalue weighted by Gasteiger charge is -2.26. The van der Waals surface area contributed by atoms with Gasteiger partial charge in [0.2, 0.25) is 5.91 Å². The highest BCUT2D eigenvalue weighted by Gasteiger charge is 2.30. The van der Waals surface area contributed by atoms with Crippen LogP contribution in [0.25, 0.3) is 17.3 Å². The van der Waals surface area contributed by atoms with Gasteiger partial charge in [-0.15, -0.1) is 0 Å². The lowest BCUT2D eigenvalue weighted by Crippen LogP contribution is -2.36. The van der Waals surface area contributed by atoms with Crippen LogP contribution in [0, 0.1) is 10.1 Å². The van der Waals surface area contributed by atoms with Crippen LogP contribution in [-0.2, 0) is 20.8 Å². The monoisotopic (exact) mass is 606 g/mol. The Morgan fingerprint density at radius 1 is 0.911 bits per heavy atom. The molecule has 6 rings (SSSR count). The van der Waals surface area contributed by atoms with Gasteiger partial charge in [0.1, 0.15) is 5.70 Å². The van der Waals surface area contributed by atoms with Crippen LogP contribution in [0.1, 0.15) is 47.9 Å². The van der Waals surface area contributed by atoms with Gasteiger partial charge in [-0.3, -0.25) is 29.8 Å². The molecule has 0 unspecified atom stereocenters. The van der Waals surface area contributed by atoms with Crippen LogP contribution in [0.4, 0.5) is 21.9 Å². The van der Waals surface area contributed by atoms with E-state index in [1.54, 1.807) is 30.3 Å². The zero-order chi connectivity index (χ0) is 31.5. The van der Waals surface area contributed by atoms with Gasteiger partial charge < -0.3 is 20.9 Å². The Balaban J connectivity index is 1.29. The topological polar surface area (TPSA) is 163 Å². The van der Waals surface area contributed by atoms with Crippen LogP contribution >= 0.6 is 0 Å². The van der Waals surface area contributed by atoms with Crippen molar-refractivity contribution in [3.05, 3.63) is 105 Å². The maximum atomic E-state index is 13.3. The van der Waals surface area contributed by atoms with E-state index in [2.05, 4.69) is 21.3 Å². The van der Waals surface area contributed by atoms with E-state index >= 15 is 0 Å². The average molecular weight is 607 g/mol. The summed E-state index contributed by atoms with van der Waals surface area (Å²) in [5.74, 6) is -0.694. The normalized spacial score (nSPS) is 18.0. The third-order valence-corrected chi connectivity index (χ3v) is 7.98. The highest BCUT2D eigenvalue weighted by molar-refractivity contribution is 6.37. The minimum Gasteiger partial charge on any atom is -0.354 e. The third kappa shape index (κ3) is 6.44. The Kier molecular flexibility index (Phi) is 8.10. The summed E-state index contributed by atoms with van der Waals surface area (Å²) in [4.78, 5) is 61.8. The molecule has 3 aromatic rings. The van der Waals surface area contributed by atoms with Crippen LogP contribution in [-0.4, -0.2) is 46.7 Å². The Bertz CT molecular complexity index is 1780. The largest absolute Gasteiger partial charge is 0.354 e. The molecule has 0 bridgehead atoms. The highest BCUT2D eigenvalue weighted by atomic mass is 16.6. The van der Waals surface area contributed by atoms with Gasteiger partial charge in [0.15, 0.2) is 0 Å². The Hall–Kier alpha value is -5.78. The number of carbonyl (C=O) groups excluding carboxylic acids is 4. The lowest BCUT2D eigenvalue weighted by molar-refractivity contribution is -0.384. The molecule has 0 radical (unpaired) electrons. The second-order valence-corrected chi connectivity index (χ2v) is 11.0. The molecule has 12 heteroatoms. The zero-order valence-corrected chi connectivity index (χ0v) is 24.2. The van der Waals surface area contributed by atoms with Gasteiger partial charge in [0.05, 0.1) is 16.2 Å². The van der Waals surface area contributed by atoms with Crippen molar-refractivity contribution >= 4 is 58.2 Å². The number of piperidine rings is 1. The molecular weight excluding hydrogens is 576 g/mol. The molecule has 12 nitrogen and oxygen atoms in total. The van der Waals surface area contributed by atoms with Crippen LogP contribution in [0.5, 0.6) is 0 Å². The van der Waals surface area contributed by atoms with Gasteiger partial charge in [-0.05, 0) is 66.6 Å². The number of benzene rings is 3. The fraction of sp³-hybridized carbons (Fsp3) is 0.212. The molecule has 228 valence electrons. The predicted molar refractivity (Wildman–Crippen MR) is 168 cm³/mol. The third-order valence-electron chi connectivity index (χ3n) is 7.98. The van der Waals surface area contributed by atoms with Gasteiger partial charge in [0, 0.05) is 48.6 Å². The summed E-state index contributed by atoms with van der Waals surface area (Å²) in [5.41, 5.74) is 4.69. The molecule has 2 saturated heterocycles. The number of urea groups is 1. The molecule has 2 fully saturated rings. The smallest absolute Gasteiger partial charge is 0.326 e. The van der Waals surface area contributed by atoms with Crippen LogP contribution in [0.15, 0.2) is 72.4 Å². The number of imide groups is 1. The van der Waals surface area contributed by atoms with Crippen LogP contribution in [0.2, 0.25) is 0 Å². The van der Waals surface area contributed by atoms with Crippen LogP contribution < -0.4 is 21.3 Å². The molecule has 0 saturated carbocycles. The second kappa shape index (κ2) is 12.4. The molecule has 0 spiro atoms. The first kappa shape index (κ1) is 29.3. The summed E-state index contributed by atoms with van der Waals surface area (Å²) < 4.78 is 0. The highest BCUT2D eigenvalue weighted by Crippen LogP contribution is 2.39. The molecule has 3 aliphatic heterocycles. The number of hydrogen-bond donors (Lipinski definition) is 4. The maximum absolute atomic E-state index is 13.3. The van der Waals surface area contributed by atoms with Gasteiger partial charge in [0.25, 0.3) is 17.5 Å². The van der Waals surface area contributed by atoms with Gasteiger partial charge >= 0.3 is 6.03 Å². The number of amides is 5. The summed E-state index contributed by atoms with van der Waals surface area (Å²) in [5, 5.41) is 22.3. The van der Waals surface area contributed by atoms with E-state index < -0.39 is 22.8 Å². The standard InChI is InChI=1S/C33H30N6O6/c40-28-5-1-2-16-38(28)17-3-4-20-6-10-22(11-7-20)30(29-25-19-24(39(44)45)14-15-26(25)35-32(29)42)34-23-12-8-21(9-13-23)18-27-31(41)37-33(43)36-27/h6-15,18-19,34H,1-5,16-17H2,(H,35,42)(H2,36,37,41,43). The lowest BCUT2D eigenvalue weighted by atomic mass is 9.98. The molecule has 4 N–H and O–H groups in total. The van der Waals surface area contributed by atoms with E-state index in [9.17, 15) is 29.3 Å². The SMILES string of the molecule is O=C1NC(=O)C(=Cc2ccc(NC(=C3C(=O)Nc4ccc([N+](=O)[O-])cc43)c3ccc(CCCN4CCCCC4=O)cc3)cc2)N1. The number of aryl methyl sites for hydroxylation is 1. The van der Waals surface area contributed by atoms with E-state index in [0.29, 0.717) is 40.2 Å². The molecule has 3 heterocycles. The van der Waals surface area contributed by atoms with Gasteiger partial charge in [-0.2, -0.15) is 0 Å². The molecule has 0 aromatic heterocycles. The Morgan fingerprint density at radius 3 is 2.38 bits per heavy atom. The number of likely N-dealkylation sites (tertiary alicyclic amines) is 1. The number of non-ortho nitro benzene ring substituents is 1. The van der Waals surface area contributed by atoms with Crippen molar-refractivity contribution in [2.45, 2.75) is 32.1 Å². The van der Waals surface area contributed by atoms with E-state index in [1.165, 1.54) is 18.2 Å². The molecule has 0 atom stereocenters. The quantitative estimate of drug-likeness (QED) is 0.119. The summed E-state index contributed by atoms with van der Waals surface area (Å²) >= 11 is 0. The number of carbonyl (C=O) groups is 4. The van der Waals surface area contributed by atoms with E-state index in [-0.39, 0.29) is 22.9 Å². The second-order valence-electron chi connectivity index (χ2n) is 11.0. The van der Waals surface area contributed by atoms with E-state index in [1.807, 2.05) is 29.2 Å². The Morgan fingerprint density at radius 2 is 1.69 bits per heavy atom. The fourth-order valence-electron chi connectivity index (χ4n) is 5.66. The molecular formula is C33H30N6O6. The number of fused-ring (bicyclic) bond motifs is 1. The number of nitro benzene ring substituents is 1. The van der Waals surface area contributed by atoms with Crippen molar-refractivity contribution in [2.75, 3.05) is 23.7 Å². The van der Waals surface area contributed by atoms with Gasteiger partial charge in [-0.25, -0.2) is 4.79 Å². The summed E-state index contributed by atoms with van der Waals surface area (Å²) in [6.07, 6.45) is 5.79. The van der Waals surface area contributed by atoms with Crippen LogP contribution in [0.3, 0.4) is 0 Å². The zero-order valence-electron chi connectivity index (χ0n) is 24.2. The summed E-state index contributed by atoms with van der Waals surface area (Å²) in [6.45, 7) is 1.53. The first-order chi connectivity index (χ1) is 21.7. The molecule has 5 amide bonds. The van der Waals surface area contributed by atoms with Crippen molar-refractivity contribution in [1.29, 1.82) is 0 Å².